The van der Waals surface area contributed by atoms with Crippen LogP contribution in [0.1, 0.15) is 23.7 Å². The zero-order chi connectivity index (χ0) is 23.0. The number of rotatable bonds is 5. The van der Waals surface area contributed by atoms with Gasteiger partial charge < -0.3 is 20.0 Å². The van der Waals surface area contributed by atoms with Crippen molar-refractivity contribution in [2.24, 2.45) is 0 Å². The molecular weight excluding hydrogens is 440 g/mol. The number of amides is 1. The number of hydrogen-bond donors (Lipinski definition) is 2. The summed E-state index contributed by atoms with van der Waals surface area (Å²) < 4.78 is 0. The van der Waals surface area contributed by atoms with E-state index < -0.39 is 11.9 Å². The van der Waals surface area contributed by atoms with Crippen LogP contribution in [0.5, 0.6) is 0 Å². The maximum absolute atomic E-state index is 12.9. The summed E-state index contributed by atoms with van der Waals surface area (Å²) in [5.74, 6) is -3.45. The van der Waals surface area contributed by atoms with E-state index in [2.05, 4.69) is 23.1 Å². The van der Waals surface area contributed by atoms with Crippen molar-refractivity contribution in [2.45, 2.75) is 23.0 Å². The standard InChI is InChI=1S/C20H23ClN2OS.C2H2O4/c1-22(2)13-5-8-20(24)23-14-19(15-9-11-16(21)12-10-15)25-18-7-4-3-6-17(18)23;3-1(4)2(5)6/h3-4,6-7,9-12,19H,5,8,13-14H2,1-2H3;(H,3,4)(H,5,6). The number of benzene rings is 2. The molecule has 9 heteroatoms. The van der Waals surface area contributed by atoms with E-state index in [9.17, 15) is 4.79 Å². The van der Waals surface area contributed by atoms with Crippen LogP contribution in [0.15, 0.2) is 53.4 Å². The van der Waals surface area contributed by atoms with Gasteiger partial charge in [-0.25, -0.2) is 9.59 Å². The van der Waals surface area contributed by atoms with Crippen molar-refractivity contribution in [1.82, 2.24) is 4.90 Å². The van der Waals surface area contributed by atoms with Gasteiger partial charge in [0.1, 0.15) is 0 Å². The fourth-order valence-corrected chi connectivity index (χ4v) is 4.41. The predicted octanol–water partition coefficient (Wildman–Crippen LogP) is 4.02. The summed E-state index contributed by atoms with van der Waals surface area (Å²) in [4.78, 5) is 36.3. The highest BCUT2D eigenvalue weighted by Gasteiger charge is 2.29. The molecule has 1 atom stereocenters. The van der Waals surface area contributed by atoms with Crippen LogP contribution < -0.4 is 4.90 Å². The molecule has 166 valence electrons. The molecule has 0 aliphatic carbocycles. The van der Waals surface area contributed by atoms with Crippen LogP contribution in [0.3, 0.4) is 0 Å². The first kappa shape index (κ1) is 24.7. The molecule has 2 aromatic rings. The maximum Gasteiger partial charge on any atom is 0.414 e. The Balaban J connectivity index is 0.000000501. The van der Waals surface area contributed by atoms with Gasteiger partial charge in [0.15, 0.2) is 0 Å². The average Bonchev–Trinajstić information content (AvgIpc) is 2.73. The molecule has 0 fully saturated rings. The largest absolute Gasteiger partial charge is 0.473 e. The normalized spacial score (nSPS) is 15.0. The van der Waals surface area contributed by atoms with Gasteiger partial charge in [0.2, 0.25) is 5.91 Å². The Kier molecular flexibility index (Phi) is 9.36. The van der Waals surface area contributed by atoms with Crippen LogP contribution >= 0.6 is 23.4 Å². The Bertz CT molecular complexity index is 908. The first-order valence-corrected chi connectivity index (χ1v) is 10.9. The Morgan fingerprint density at radius 3 is 2.26 bits per heavy atom. The number of halogens is 1. The zero-order valence-electron chi connectivity index (χ0n) is 17.3. The van der Waals surface area contributed by atoms with Crippen molar-refractivity contribution in [3.05, 3.63) is 59.1 Å². The number of carboxylic acids is 2. The van der Waals surface area contributed by atoms with Gasteiger partial charge in [-0.05, 0) is 56.9 Å². The number of nitrogens with zero attached hydrogens (tertiary/aromatic N) is 2. The molecule has 0 spiro atoms. The summed E-state index contributed by atoms with van der Waals surface area (Å²) in [5.41, 5.74) is 2.24. The van der Waals surface area contributed by atoms with Gasteiger partial charge >= 0.3 is 11.9 Å². The summed E-state index contributed by atoms with van der Waals surface area (Å²) in [5, 5.41) is 15.7. The molecule has 2 aromatic carbocycles. The fraction of sp³-hybridized carbons (Fsp3) is 0.318. The minimum atomic E-state index is -1.82. The van der Waals surface area contributed by atoms with E-state index in [0.717, 1.165) is 28.6 Å². The highest BCUT2D eigenvalue weighted by molar-refractivity contribution is 7.99. The topological polar surface area (TPSA) is 98.2 Å². The van der Waals surface area contributed by atoms with E-state index in [1.165, 1.54) is 5.56 Å². The van der Waals surface area contributed by atoms with Crippen LogP contribution in [0.2, 0.25) is 5.02 Å². The van der Waals surface area contributed by atoms with Gasteiger partial charge in [-0.3, -0.25) is 4.79 Å². The summed E-state index contributed by atoms with van der Waals surface area (Å²) in [6.07, 6.45) is 1.45. The molecule has 0 saturated carbocycles. The minimum Gasteiger partial charge on any atom is -0.473 e. The van der Waals surface area contributed by atoms with Crippen LogP contribution in [0.25, 0.3) is 0 Å². The summed E-state index contributed by atoms with van der Waals surface area (Å²) >= 11 is 7.84. The lowest BCUT2D eigenvalue weighted by Gasteiger charge is -2.34. The SMILES string of the molecule is CN(C)CCCC(=O)N1CC(c2ccc(Cl)cc2)Sc2ccccc21.O=C(O)C(=O)O. The van der Waals surface area contributed by atoms with Crippen LogP contribution in [0.4, 0.5) is 5.69 Å². The lowest BCUT2D eigenvalue weighted by atomic mass is 10.1. The minimum absolute atomic E-state index is 0.202. The Labute approximate surface area is 190 Å². The van der Waals surface area contributed by atoms with Gasteiger partial charge in [-0.1, -0.05) is 35.9 Å². The third-order valence-corrected chi connectivity index (χ3v) is 6.05. The van der Waals surface area contributed by atoms with Gasteiger partial charge in [-0.2, -0.15) is 0 Å². The van der Waals surface area contributed by atoms with E-state index in [1.807, 2.05) is 61.1 Å². The number of fused-ring (bicyclic) bond motifs is 1. The van der Waals surface area contributed by atoms with Crippen molar-refractivity contribution in [3.8, 4) is 0 Å². The Morgan fingerprint density at radius 2 is 1.68 bits per heavy atom. The lowest BCUT2D eigenvalue weighted by molar-refractivity contribution is -0.159. The number of carbonyl (C=O) groups is 3. The van der Waals surface area contributed by atoms with E-state index in [1.54, 1.807) is 0 Å². The fourth-order valence-electron chi connectivity index (χ4n) is 3.00. The molecule has 0 saturated heterocycles. The second-order valence-electron chi connectivity index (χ2n) is 7.15. The number of carboxylic acid groups (broad SMARTS) is 2. The van der Waals surface area contributed by atoms with E-state index in [-0.39, 0.29) is 11.2 Å². The van der Waals surface area contributed by atoms with Crippen LogP contribution in [-0.4, -0.2) is 60.1 Å². The molecule has 1 unspecified atom stereocenters. The van der Waals surface area contributed by atoms with Gasteiger partial charge in [-0.15, -0.1) is 11.8 Å². The number of thioether (sulfide) groups is 1. The average molecular weight is 465 g/mol. The highest BCUT2D eigenvalue weighted by atomic mass is 35.5. The molecule has 3 rings (SSSR count). The van der Waals surface area contributed by atoms with E-state index >= 15 is 0 Å². The molecule has 31 heavy (non-hydrogen) atoms. The molecule has 7 nitrogen and oxygen atoms in total. The first-order valence-electron chi connectivity index (χ1n) is 9.61. The summed E-state index contributed by atoms with van der Waals surface area (Å²) in [6, 6.07) is 16.1. The number of aliphatic carboxylic acids is 2. The molecule has 0 radical (unpaired) electrons. The third kappa shape index (κ3) is 7.57. The first-order chi connectivity index (χ1) is 14.7. The monoisotopic (exact) mass is 464 g/mol. The van der Waals surface area contributed by atoms with Gasteiger partial charge in [0, 0.05) is 22.9 Å². The van der Waals surface area contributed by atoms with Crippen molar-refractivity contribution in [1.29, 1.82) is 0 Å². The predicted molar refractivity (Wildman–Crippen MR) is 122 cm³/mol. The lowest BCUT2D eigenvalue weighted by Crippen LogP contribution is -2.37. The third-order valence-electron chi connectivity index (χ3n) is 4.50. The molecule has 0 aromatic heterocycles. The molecule has 1 amide bonds. The molecular formula is C22H25ClN2O5S. The Hall–Kier alpha value is -2.55. The number of para-hydroxylation sites is 1. The Morgan fingerprint density at radius 1 is 1.06 bits per heavy atom. The van der Waals surface area contributed by atoms with E-state index in [4.69, 9.17) is 31.4 Å². The maximum atomic E-state index is 12.9. The summed E-state index contributed by atoms with van der Waals surface area (Å²) in [7, 11) is 4.07. The highest BCUT2D eigenvalue weighted by Crippen LogP contribution is 2.45. The van der Waals surface area contributed by atoms with Gasteiger partial charge in [0.25, 0.3) is 0 Å². The smallest absolute Gasteiger partial charge is 0.414 e. The second-order valence-corrected chi connectivity index (χ2v) is 8.83. The van der Waals surface area contributed by atoms with Crippen LogP contribution in [-0.2, 0) is 14.4 Å². The second kappa shape index (κ2) is 11.7. The molecule has 1 aliphatic rings. The molecule has 1 heterocycles. The summed E-state index contributed by atoms with van der Waals surface area (Å²) in [6.45, 7) is 1.63. The number of anilines is 1. The van der Waals surface area contributed by atoms with E-state index in [0.29, 0.717) is 13.0 Å². The van der Waals surface area contributed by atoms with Crippen molar-refractivity contribution in [2.75, 3.05) is 32.1 Å². The van der Waals surface area contributed by atoms with Crippen molar-refractivity contribution < 1.29 is 24.6 Å². The van der Waals surface area contributed by atoms with Crippen molar-refractivity contribution >= 4 is 46.9 Å². The molecule has 1 aliphatic heterocycles. The number of carbonyl (C=O) groups excluding carboxylic acids is 1. The molecule has 0 bridgehead atoms. The number of hydrogen-bond acceptors (Lipinski definition) is 5. The molecule has 2 N–H and O–H groups in total. The van der Waals surface area contributed by atoms with Crippen molar-refractivity contribution in [3.63, 3.8) is 0 Å². The van der Waals surface area contributed by atoms with Gasteiger partial charge in [0.05, 0.1) is 10.9 Å². The van der Waals surface area contributed by atoms with Crippen LogP contribution in [0, 0.1) is 0 Å². The zero-order valence-corrected chi connectivity index (χ0v) is 18.9. The quantitative estimate of drug-likeness (QED) is 0.645.